The van der Waals surface area contributed by atoms with Crippen molar-refractivity contribution in [2.24, 2.45) is 0 Å². The Bertz CT molecular complexity index is 543. The Hall–Kier alpha value is -1.60. The zero-order valence-electron chi connectivity index (χ0n) is 11.2. The summed E-state index contributed by atoms with van der Waals surface area (Å²) in [5.74, 6) is 0.793. The van der Waals surface area contributed by atoms with Crippen molar-refractivity contribution < 1.29 is 9.53 Å². The fourth-order valence-corrected chi connectivity index (χ4v) is 3.15. The molecular weight excluding hydrogens is 294 g/mol. The van der Waals surface area contributed by atoms with Crippen LogP contribution >= 0.6 is 23.1 Å². The number of thioether (sulfide) groups is 1. The van der Waals surface area contributed by atoms with E-state index in [1.165, 1.54) is 23.1 Å². The Labute approximate surface area is 125 Å². The monoisotopic (exact) mass is 309 g/mol. The molecule has 2 aromatic rings. The van der Waals surface area contributed by atoms with Gasteiger partial charge in [-0.1, -0.05) is 35.2 Å². The topological polar surface area (TPSA) is 64.1 Å². The van der Waals surface area contributed by atoms with E-state index in [1.807, 2.05) is 31.2 Å². The fraction of sp³-hybridized carbons (Fsp3) is 0.308. The zero-order valence-corrected chi connectivity index (χ0v) is 12.8. The largest absolute Gasteiger partial charge is 0.497 e. The molecular formula is C13H15N3O2S2. The summed E-state index contributed by atoms with van der Waals surface area (Å²) in [5, 5.41) is 10.4. The molecule has 1 aromatic heterocycles. The van der Waals surface area contributed by atoms with Gasteiger partial charge in [-0.25, -0.2) is 0 Å². The molecule has 1 N–H and O–H groups in total. The lowest BCUT2D eigenvalue weighted by atomic mass is 10.2. The molecule has 0 aliphatic carbocycles. The molecule has 20 heavy (non-hydrogen) atoms. The normalized spacial score (nSPS) is 11.9. The lowest BCUT2D eigenvalue weighted by Crippen LogP contribution is -2.30. The van der Waals surface area contributed by atoms with Gasteiger partial charge in [-0.2, -0.15) is 0 Å². The minimum atomic E-state index is -0.193. The van der Waals surface area contributed by atoms with E-state index in [0.29, 0.717) is 6.54 Å². The van der Waals surface area contributed by atoms with Crippen LogP contribution in [-0.4, -0.2) is 28.5 Å². The van der Waals surface area contributed by atoms with Crippen LogP contribution in [0.4, 0.5) is 0 Å². The van der Waals surface area contributed by atoms with Crippen molar-refractivity contribution in [2.45, 2.75) is 23.1 Å². The van der Waals surface area contributed by atoms with Crippen molar-refractivity contribution in [3.05, 3.63) is 35.3 Å². The minimum Gasteiger partial charge on any atom is -0.497 e. The van der Waals surface area contributed by atoms with Crippen LogP contribution in [0.2, 0.25) is 0 Å². The average Bonchev–Trinajstić information content (AvgIpc) is 2.98. The summed E-state index contributed by atoms with van der Waals surface area (Å²) in [4.78, 5) is 12.0. The number of aromatic nitrogens is 2. The molecule has 0 spiro atoms. The number of nitrogens with zero attached hydrogens (tertiary/aromatic N) is 2. The molecule has 0 bridgehead atoms. The van der Waals surface area contributed by atoms with Gasteiger partial charge in [-0.3, -0.25) is 4.79 Å². The first-order valence-corrected chi connectivity index (χ1v) is 7.78. The molecule has 1 heterocycles. The fourth-order valence-electron chi connectivity index (χ4n) is 1.50. The summed E-state index contributed by atoms with van der Waals surface area (Å²) in [6, 6.07) is 7.62. The van der Waals surface area contributed by atoms with Crippen LogP contribution in [0.25, 0.3) is 0 Å². The summed E-state index contributed by atoms with van der Waals surface area (Å²) in [6.45, 7) is 2.36. The average molecular weight is 309 g/mol. The maximum Gasteiger partial charge on any atom is 0.233 e. The van der Waals surface area contributed by atoms with Gasteiger partial charge in [0.05, 0.1) is 12.4 Å². The SMILES string of the molecule is COc1ccc(CNC(=O)[C@@H](C)Sc2nncs2)cc1. The highest BCUT2D eigenvalue weighted by molar-refractivity contribution is 8.02. The van der Waals surface area contributed by atoms with Gasteiger partial charge in [0.25, 0.3) is 0 Å². The van der Waals surface area contributed by atoms with Crippen LogP contribution in [0, 0.1) is 0 Å². The minimum absolute atomic E-state index is 0.0129. The number of carbonyl (C=O) groups is 1. The third-order valence-electron chi connectivity index (χ3n) is 2.61. The third kappa shape index (κ3) is 4.21. The Morgan fingerprint density at radius 2 is 2.20 bits per heavy atom. The van der Waals surface area contributed by atoms with Crippen LogP contribution in [0.1, 0.15) is 12.5 Å². The Morgan fingerprint density at radius 1 is 1.45 bits per heavy atom. The molecule has 0 unspecified atom stereocenters. The molecule has 0 saturated heterocycles. The number of ether oxygens (including phenoxy) is 1. The summed E-state index contributed by atoms with van der Waals surface area (Å²) in [6.07, 6.45) is 0. The quantitative estimate of drug-likeness (QED) is 0.830. The van der Waals surface area contributed by atoms with E-state index in [-0.39, 0.29) is 11.2 Å². The number of amides is 1. The molecule has 2 rings (SSSR count). The molecule has 0 aliphatic rings. The highest BCUT2D eigenvalue weighted by Gasteiger charge is 2.15. The van der Waals surface area contributed by atoms with Crippen molar-refractivity contribution >= 4 is 29.0 Å². The molecule has 0 fully saturated rings. The van der Waals surface area contributed by atoms with E-state index in [2.05, 4.69) is 15.5 Å². The molecule has 7 heteroatoms. The van der Waals surface area contributed by atoms with Crippen LogP contribution in [0.3, 0.4) is 0 Å². The molecule has 1 atom stereocenters. The van der Waals surface area contributed by atoms with Gasteiger partial charge in [0.15, 0.2) is 4.34 Å². The van der Waals surface area contributed by atoms with Crippen LogP contribution in [-0.2, 0) is 11.3 Å². The number of methoxy groups -OCH3 is 1. The number of rotatable bonds is 6. The van der Waals surface area contributed by atoms with E-state index in [1.54, 1.807) is 12.6 Å². The first kappa shape index (κ1) is 14.8. The van der Waals surface area contributed by atoms with Crippen molar-refractivity contribution in [3.63, 3.8) is 0 Å². The maximum absolute atomic E-state index is 12.0. The van der Waals surface area contributed by atoms with Gasteiger partial charge in [-0.05, 0) is 24.6 Å². The number of benzene rings is 1. The van der Waals surface area contributed by atoms with Gasteiger partial charge in [0, 0.05) is 6.54 Å². The zero-order chi connectivity index (χ0) is 14.4. The molecule has 106 valence electrons. The molecule has 1 amide bonds. The highest BCUT2D eigenvalue weighted by atomic mass is 32.2. The van der Waals surface area contributed by atoms with E-state index in [9.17, 15) is 4.79 Å². The van der Waals surface area contributed by atoms with Gasteiger partial charge < -0.3 is 10.1 Å². The van der Waals surface area contributed by atoms with E-state index < -0.39 is 0 Å². The Morgan fingerprint density at radius 3 is 2.80 bits per heavy atom. The second-order valence-electron chi connectivity index (χ2n) is 4.03. The maximum atomic E-state index is 12.0. The van der Waals surface area contributed by atoms with Crippen molar-refractivity contribution in [3.8, 4) is 5.75 Å². The second-order valence-corrected chi connectivity index (χ2v) is 6.45. The van der Waals surface area contributed by atoms with Crippen LogP contribution in [0.5, 0.6) is 5.75 Å². The smallest absolute Gasteiger partial charge is 0.233 e. The predicted molar refractivity (Wildman–Crippen MR) is 80.1 cm³/mol. The van der Waals surface area contributed by atoms with Crippen molar-refractivity contribution in [1.29, 1.82) is 0 Å². The lowest BCUT2D eigenvalue weighted by molar-refractivity contribution is -0.120. The highest BCUT2D eigenvalue weighted by Crippen LogP contribution is 2.24. The molecule has 1 aromatic carbocycles. The number of hydrogen-bond donors (Lipinski definition) is 1. The van der Waals surface area contributed by atoms with Crippen LogP contribution < -0.4 is 10.1 Å². The Kier molecular flexibility index (Phi) is 5.37. The summed E-state index contributed by atoms with van der Waals surface area (Å²) >= 11 is 2.85. The van der Waals surface area contributed by atoms with Crippen molar-refractivity contribution in [2.75, 3.05) is 7.11 Å². The molecule has 0 saturated carbocycles. The first-order valence-electron chi connectivity index (χ1n) is 6.02. The predicted octanol–water partition coefficient (Wildman–Crippen LogP) is 2.34. The van der Waals surface area contributed by atoms with E-state index in [4.69, 9.17) is 4.74 Å². The molecule has 0 radical (unpaired) electrons. The molecule has 0 aliphatic heterocycles. The summed E-state index contributed by atoms with van der Waals surface area (Å²) in [5.41, 5.74) is 2.69. The number of hydrogen-bond acceptors (Lipinski definition) is 6. The van der Waals surface area contributed by atoms with Gasteiger partial charge in [0.2, 0.25) is 5.91 Å². The van der Waals surface area contributed by atoms with Gasteiger partial charge in [-0.15, -0.1) is 10.2 Å². The standard InChI is InChI=1S/C13H15N3O2S2/c1-9(20-13-16-15-8-19-13)12(17)14-7-10-3-5-11(18-2)6-4-10/h3-6,8-9H,7H2,1-2H3,(H,14,17)/t9-/m1/s1. The van der Waals surface area contributed by atoms with Crippen molar-refractivity contribution in [1.82, 2.24) is 15.5 Å². The van der Waals surface area contributed by atoms with E-state index >= 15 is 0 Å². The van der Waals surface area contributed by atoms with Gasteiger partial charge in [0.1, 0.15) is 11.3 Å². The second kappa shape index (κ2) is 7.25. The molecule has 5 nitrogen and oxygen atoms in total. The van der Waals surface area contributed by atoms with E-state index in [0.717, 1.165) is 15.7 Å². The summed E-state index contributed by atoms with van der Waals surface area (Å²) in [7, 11) is 1.63. The Balaban J connectivity index is 1.81. The lowest BCUT2D eigenvalue weighted by Gasteiger charge is -2.10. The number of nitrogens with one attached hydrogen (secondary N) is 1. The van der Waals surface area contributed by atoms with Gasteiger partial charge >= 0.3 is 0 Å². The summed E-state index contributed by atoms with van der Waals surface area (Å²) < 4.78 is 5.89. The third-order valence-corrected chi connectivity index (χ3v) is 4.52. The number of carbonyl (C=O) groups excluding carboxylic acids is 1. The first-order chi connectivity index (χ1) is 9.69. The van der Waals surface area contributed by atoms with Crippen LogP contribution in [0.15, 0.2) is 34.1 Å².